The maximum absolute atomic E-state index is 15.0. The van der Waals surface area contributed by atoms with Gasteiger partial charge in [-0.3, -0.25) is 4.79 Å². The van der Waals surface area contributed by atoms with E-state index in [2.05, 4.69) is 0 Å². The Morgan fingerprint density at radius 1 is 0.596 bits per heavy atom. The fourth-order valence-corrected chi connectivity index (χ4v) is 5.19. The van der Waals surface area contributed by atoms with Gasteiger partial charge < -0.3 is 4.74 Å². The van der Waals surface area contributed by atoms with Crippen LogP contribution in [0.4, 0.5) is 22.0 Å². The molecule has 0 radical (unpaired) electrons. The molecule has 0 saturated carbocycles. The first-order valence-corrected chi connectivity index (χ1v) is 14.7. The highest BCUT2D eigenvalue weighted by atomic mass is 19.1. The second-order valence-corrected chi connectivity index (χ2v) is 10.8. The SMILES string of the molecule is N#Cc1ccc(-c2ccc(OC(=O)CCCCCc3ccc(-c4cc(F)c(-c5ccc(C#N)c(F)c5)c(F)c4)c(F)c3)cc2F)cc1. The lowest BCUT2D eigenvalue weighted by molar-refractivity contribution is -0.134. The average Bonchev–Trinajstić information content (AvgIpc) is 3.04. The molecule has 5 rings (SSSR count). The summed E-state index contributed by atoms with van der Waals surface area (Å²) >= 11 is 0. The van der Waals surface area contributed by atoms with Gasteiger partial charge in [0.25, 0.3) is 0 Å². The fourth-order valence-electron chi connectivity index (χ4n) is 5.19. The van der Waals surface area contributed by atoms with Crippen molar-refractivity contribution in [2.24, 2.45) is 0 Å². The largest absolute Gasteiger partial charge is 0.426 e. The molecule has 0 unspecified atom stereocenters. The van der Waals surface area contributed by atoms with Gasteiger partial charge in [-0.25, -0.2) is 22.0 Å². The zero-order valence-electron chi connectivity index (χ0n) is 24.8. The molecule has 0 amide bonds. The summed E-state index contributed by atoms with van der Waals surface area (Å²) in [6.45, 7) is 0. The van der Waals surface area contributed by atoms with E-state index in [1.54, 1.807) is 36.4 Å². The van der Waals surface area contributed by atoms with Crippen LogP contribution in [0.25, 0.3) is 33.4 Å². The lowest BCUT2D eigenvalue weighted by atomic mass is 9.96. The summed E-state index contributed by atoms with van der Waals surface area (Å²) in [5.74, 6) is -4.58. The predicted octanol–water partition coefficient (Wildman–Crippen LogP) is 9.83. The molecule has 0 bridgehead atoms. The van der Waals surface area contributed by atoms with E-state index < -0.39 is 40.6 Å². The van der Waals surface area contributed by atoms with Gasteiger partial charge in [-0.15, -0.1) is 0 Å². The van der Waals surface area contributed by atoms with Crippen molar-refractivity contribution in [3.05, 3.63) is 137 Å². The highest BCUT2D eigenvalue weighted by molar-refractivity contribution is 5.74. The molecule has 9 heteroatoms. The number of unbranched alkanes of at least 4 members (excludes halogenated alkanes) is 2. The number of hydrogen-bond donors (Lipinski definition) is 0. The minimum absolute atomic E-state index is 0.00627. The van der Waals surface area contributed by atoms with Gasteiger partial charge in [0.1, 0.15) is 40.9 Å². The second kappa shape index (κ2) is 14.5. The van der Waals surface area contributed by atoms with Gasteiger partial charge >= 0.3 is 5.97 Å². The highest BCUT2D eigenvalue weighted by Gasteiger charge is 2.18. The molecule has 0 aliphatic carbocycles. The molecule has 5 aromatic carbocycles. The summed E-state index contributed by atoms with van der Waals surface area (Å²) in [5.41, 5.74) is 1.17. The summed E-state index contributed by atoms with van der Waals surface area (Å²) in [6.07, 6.45) is 2.38. The van der Waals surface area contributed by atoms with Crippen LogP contribution in [0.2, 0.25) is 0 Å². The molecule has 0 fully saturated rings. The topological polar surface area (TPSA) is 73.9 Å². The first kappa shape index (κ1) is 32.6. The van der Waals surface area contributed by atoms with Crippen molar-refractivity contribution >= 4 is 5.97 Å². The van der Waals surface area contributed by atoms with Crippen LogP contribution in [0.1, 0.15) is 42.4 Å². The minimum atomic E-state index is -1.00. The summed E-state index contributed by atoms with van der Waals surface area (Å²) in [6, 6.07) is 23.8. The number of halogens is 5. The van der Waals surface area contributed by atoms with E-state index in [0.29, 0.717) is 47.9 Å². The van der Waals surface area contributed by atoms with Crippen molar-refractivity contribution in [2.45, 2.75) is 32.1 Å². The number of ether oxygens (including phenoxy) is 1. The minimum Gasteiger partial charge on any atom is -0.426 e. The third kappa shape index (κ3) is 7.71. The van der Waals surface area contributed by atoms with E-state index in [1.807, 2.05) is 6.07 Å². The number of aryl methyl sites for hydroxylation is 1. The highest BCUT2D eigenvalue weighted by Crippen LogP contribution is 2.33. The van der Waals surface area contributed by atoms with Crippen LogP contribution in [0.3, 0.4) is 0 Å². The number of benzene rings is 5. The molecule has 0 aliphatic rings. The molecule has 47 heavy (non-hydrogen) atoms. The van der Waals surface area contributed by atoms with Gasteiger partial charge in [0.05, 0.1) is 22.8 Å². The Bertz CT molecular complexity index is 2020. The average molecular weight is 637 g/mol. The normalized spacial score (nSPS) is 10.7. The smallest absolute Gasteiger partial charge is 0.311 e. The number of carbonyl (C=O) groups is 1. The van der Waals surface area contributed by atoms with Gasteiger partial charge in [-0.2, -0.15) is 10.5 Å². The van der Waals surface area contributed by atoms with Crippen LogP contribution in [-0.4, -0.2) is 5.97 Å². The molecule has 0 atom stereocenters. The van der Waals surface area contributed by atoms with Crippen LogP contribution >= 0.6 is 0 Å². The van der Waals surface area contributed by atoms with Crippen LogP contribution in [0, 0.1) is 51.7 Å². The zero-order valence-corrected chi connectivity index (χ0v) is 24.8. The summed E-state index contributed by atoms with van der Waals surface area (Å²) in [5, 5.41) is 17.8. The first-order valence-electron chi connectivity index (χ1n) is 14.7. The molecular formula is C38H25F5N2O2. The lowest BCUT2D eigenvalue weighted by Gasteiger charge is -2.11. The van der Waals surface area contributed by atoms with E-state index in [1.165, 1.54) is 30.3 Å². The van der Waals surface area contributed by atoms with Crippen molar-refractivity contribution in [3.8, 4) is 51.3 Å². The molecule has 0 N–H and O–H groups in total. The standard InChI is InChI=1S/C38H25F5N2O2/c39-32-17-26(11-12-27(32)22-45)38-35(42)18-28(19-36(38)43)31-14-8-23(16-33(31)40)4-2-1-3-5-37(46)47-29-13-15-30(34(41)20-29)25-9-6-24(21-44)7-10-25/h6-20H,1-5H2. The fraction of sp³-hybridized carbons (Fsp3) is 0.132. The van der Waals surface area contributed by atoms with Crippen molar-refractivity contribution in [2.75, 3.05) is 0 Å². The Morgan fingerprint density at radius 2 is 1.23 bits per heavy atom. The third-order valence-electron chi connectivity index (χ3n) is 7.61. The Kier molecular flexibility index (Phi) is 10.1. The van der Waals surface area contributed by atoms with Crippen molar-refractivity contribution in [1.29, 1.82) is 10.5 Å². The van der Waals surface area contributed by atoms with E-state index in [9.17, 15) is 22.4 Å². The number of nitrogens with zero attached hydrogens (tertiary/aromatic N) is 2. The molecule has 0 spiro atoms. The number of esters is 1. The van der Waals surface area contributed by atoms with Crippen LogP contribution < -0.4 is 4.74 Å². The first-order chi connectivity index (χ1) is 22.7. The zero-order chi connectivity index (χ0) is 33.5. The van der Waals surface area contributed by atoms with Gasteiger partial charge in [0.15, 0.2) is 0 Å². The Hall–Kier alpha value is -5.80. The maximum Gasteiger partial charge on any atom is 0.311 e. The van der Waals surface area contributed by atoms with Crippen molar-refractivity contribution in [1.82, 2.24) is 0 Å². The van der Waals surface area contributed by atoms with Gasteiger partial charge in [0, 0.05) is 23.6 Å². The Morgan fingerprint density at radius 3 is 1.87 bits per heavy atom. The summed E-state index contributed by atoms with van der Waals surface area (Å²) in [4.78, 5) is 12.3. The molecule has 0 heterocycles. The number of nitriles is 2. The molecule has 4 nitrogen and oxygen atoms in total. The van der Waals surface area contributed by atoms with Gasteiger partial charge in [-0.1, -0.05) is 36.8 Å². The Balaban J connectivity index is 1.12. The molecule has 0 aliphatic heterocycles. The monoisotopic (exact) mass is 636 g/mol. The van der Waals surface area contributed by atoms with E-state index in [4.69, 9.17) is 15.3 Å². The van der Waals surface area contributed by atoms with E-state index in [-0.39, 0.29) is 34.4 Å². The van der Waals surface area contributed by atoms with Gasteiger partial charge in [-0.05, 0) is 96.1 Å². The summed E-state index contributed by atoms with van der Waals surface area (Å²) < 4.78 is 78.8. The Labute approximate surface area is 267 Å². The number of carbonyl (C=O) groups excluding carboxylic acids is 1. The lowest BCUT2D eigenvalue weighted by Crippen LogP contribution is -2.07. The van der Waals surface area contributed by atoms with E-state index in [0.717, 1.165) is 30.3 Å². The molecule has 0 saturated heterocycles. The van der Waals surface area contributed by atoms with Crippen LogP contribution in [-0.2, 0) is 11.2 Å². The molecule has 5 aromatic rings. The third-order valence-corrected chi connectivity index (χ3v) is 7.61. The predicted molar refractivity (Wildman–Crippen MR) is 166 cm³/mol. The van der Waals surface area contributed by atoms with Crippen molar-refractivity contribution in [3.63, 3.8) is 0 Å². The number of hydrogen-bond acceptors (Lipinski definition) is 4. The van der Waals surface area contributed by atoms with Crippen molar-refractivity contribution < 1.29 is 31.5 Å². The maximum atomic E-state index is 15.0. The quantitative estimate of drug-likeness (QED) is 0.0662. The van der Waals surface area contributed by atoms with Crippen LogP contribution in [0.5, 0.6) is 5.75 Å². The molecule has 0 aromatic heterocycles. The molecule has 234 valence electrons. The second-order valence-electron chi connectivity index (χ2n) is 10.8. The van der Waals surface area contributed by atoms with Crippen LogP contribution in [0.15, 0.2) is 91.0 Å². The molecular weight excluding hydrogens is 611 g/mol. The van der Waals surface area contributed by atoms with Gasteiger partial charge in [0.2, 0.25) is 0 Å². The summed E-state index contributed by atoms with van der Waals surface area (Å²) in [7, 11) is 0. The van der Waals surface area contributed by atoms with E-state index >= 15 is 4.39 Å². The number of rotatable bonds is 10.